The molecule has 0 amide bonds. The van der Waals surface area contributed by atoms with E-state index in [2.05, 4.69) is 20.1 Å². The third kappa shape index (κ3) is 3.50. The average molecular weight is 403 g/mol. The normalized spacial score (nSPS) is 11.2. The molecule has 0 atom stereocenters. The molecule has 0 saturated heterocycles. The molecule has 5 rings (SSSR count). The highest BCUT2D eigenvalue weighted by Gasteiger charge is 2.13. The lowest BCUT2D eigenvalue weighted by molar-refractivity contribution is 0.573. The van der Waals surface area contributed by atoms with Crippen LogP contribution in [0.15, 0.2) is 82.8 Å². The molecule has 142 valence electrons. The first-order chi connectivity index (χ1) is 14.3. The lowest BCUT2D eigenvalue weighted by Crippen LogP contribution is -1.98. The Kier molecular flexibility index (Phi) is 4.53. The molecule has 0 unspecified atom stereocenters. The Balaban J connectivity index is 1.39. The highest BCUT2D eigenvalue weighted by Crippen LogP contribution is 2.29. The SMILES string of the molecule is Fc1ccc(-n2ncc3c(SCc4coc(-c5ccccc5)n4)ncnc32)cc1. The largest absolute Gasteiger partial charge is 0.444 e. The maximum absolute atomic E-state index is 13.2. The zero-order valence-electron chi connectivity index (χ0n) is 15.1. The standard InChI is InChI=1S/C21H14FN5OS/c22-15-6-8-17(9-7-15)27-19-18(10-25-27)21(24-13-23-19)29-12-16-11-28-20(26-16)14-4-2-1-3-5-14/h1-11,13H,12H2. The summed E-state index contributed by atoms with van der Waals surface area (Å²) in [6.45, 7) is 0. The predicted molar refractivity (Wildman–Crippen MR) is 108 cm³/mol. The third-order valence-corrected chi connectivity index (χ3v) is 5.37. The topological polar surface area (TPSA) is 69.6 Å². The number of rotatable bonds is 5. The predicted octanol–water partition coefficient (Wildman–Crippen LogP) is 4.90. The van der Waals surface area contributed by atoms with Gasteiger partial charge in [0.25, 0.3) is 0 Å². The fraction of sp³-hybridized carbons (Fsp3) is 0.0476. The van der Waals surface area contributed by atoms with Crippen LogP contribution >= 0.6 is 11.8 Å². The van der Waals surface area contributed by atoms with Gasteiger partial charge in [0.15, 0.2) is 5.65 Å². The van der Waals surface area contributed by atoms with Gasteiger partial charge < -0.3 is 4.42 Å². The van der Waals surface area contributed by atoms with E-state index >= 15 is 0 Å². The number of hydrogen-bond acceptors (Lipinski definition) is 6. The van der Waals surface area contributed by atoms with Crippen molar-refractivity contribution >= 4 is 22.8 Å². The number of thioether (sulfide) groups is 1. The van der Waals surface area contributed by atoms with Gasteiger partial charge >= 0.3 is 0 Å². The minimum Gasteiger partial charge on any atom is -0.444 e. The van der Waals surface area contributed by atoms with Crippen molar-refractivity contribution in [3.63, 3.8) is 0 Å². The number of aromatic nitrogens is 5. The van der Waals surface area contributed by atoms with Gasteiger partial charge in [0.2, 0.25) is 5.89 Å². The summed E-state index contributed by atoms with van der Waals surface area (Å²) in [6, 6.07) is 15.9. The van der Waals surface area contributed by atoms with Crippen molar-refractivity contribution in [1.29, 1.82) is 0 Å². The molecule has 0 N–H and O–H groups in total. The molecule has 6 nitrogen and oxygen atoms in total. The van der Waals surface area contributed by atoms with Crippen LogP contribution in [0.5, 0.6) is 0 Å². The van der Waals surface area contributed by atoms with Crippen molar-refractivity contribution in [2.45, 2.75) is 10.8 Å². The number of oxazole rings is 1. The molecular formula is C21H14FN5OS. The van der Waals surface area contributed by atoms with Crippen LogP contribution in [0.25, 0.3) is 28.2 Å². The van der Waals surface area contributed by atoms with Crippen LogP contribution < -0.4 is 0 Å². The molecule has 0 fully saturated rings. The van der Waals surface area contributed by atoms with Crippen molar-refractivity contribution in [3.05, 3.63) is 84.9 Å². The Hall–Kier alpha value is -3.52. The van der Waals surface area contributed by atoms with Crippen molar-refractivity contribution < 1.29 is 8.81 Å². The molecule has 0 aliphatic heterocycles. The van der Waals surface area contributed by atoms with E-state index in [4.69, 9.17) is 4.42 Å². The van der Waals surface area contributed by atoms with Crippen LogP contribution in [0, 0.1) is 5.82 Å². The molecule has 0 aliphatic carbocycles. The molecular weight excluding hydrogens is 389 g/mol. The van der Waals surface area contributed by atoms with Crippen molar-refractivity contribution in [2.24, 2.45) is 0 Å². The number of hydrogen-bond donors (Lipinski definition) is 0. The van der Waals surface area contributed by atoms with Gasteiger partial charge in [-0.3, -0.25) is 0 Å². The van der Waals surface area contributed by atoms with Crippen LogP contribution in [0.3, 0.4) is 0 Å². The summed E-state index contributed by atoms with van der Waals surface area (Å²) in [7, 11) is 0. The quantitative estimate of drug-likeness (QED) is 0.307. The Bertz CT molecular complexity index is 1270. The number of fused-ring (bicyclic) bond motifs is 1. The first-order valence-electron chi connectivity index (χ1n) is 8.85. The lowest BCUT2D eigenvalue weighted by atomic mass is 10.2. The molecule has 5 aromatic rings. The number of halogens is 1. The van der Waals surface area contributed by atoms with Gasteiger partial charge in [-0.05, 0) is 36.4 Å². The Labute approximate surface area is 169 Å². The van der Waals surface area contributed by atoms with E-state index in [0.29, 0.717) is 17.3 Å². The zero-order chi connectivity index (χ0) is 19.6. The van der Waals surface area contributed by atoms with Crippen LogP contribution in [0.1, 0.15) is 5.69 Å². The van der Waals surface area contributed by atoms with E-state index in [0.717, 1.165) is 27.4 Å². The zero-order valence-corrected chi connectivity index (χ0v) is 15.9. The molecule has 0 saturated carbocycles. The van der Waals surface area contributed by atoms with Crippen molar-refractivity contribution in [2.75, 3.05) is 0 Å². The summed E-state index contributed by atoms with van der Waals surface area (Å²) in [5.74, 6) is 0.904. The van der Waals surface area contributed by atoms with Crippen LogP contribution in [0.2, 0.25) is 0 Å². The average Bonchev–Trinajstić information content (AvgIpc) is 3.41. The minimum atomic E-state index is -0.293. The maximum atomic E-state index is 13.2. The Morgan fingerprint density at radius 3 is 2.66 bits per heavy atom. The van der Waals surface area contributed by atoms with Gasteiger partial charge in [0.05, 0.1) is 23.0 Å². The fourth-order valence-corrected chi connectivity index (χ4v) is 3.78. The molecule has 0 spiro atoms. The summed E-state index contributed by atoms with van der Waals surface area (Å²) in [5.41, 5.74) is 3.17. The van der Waals surface area contributed by atoms with E-state index in [-0.39, 0.29) is 5.82 Å². The molecule has 0 aliphatic rings. The molecule has 2 aromatic carbocycles. The number of benzene rings is 2. The molecule has 0 bridgehead atoms. The summed E-state index contributed by atoms with van der Waals surface area (Å²) < 4.78 is 20.5. The van der Waals surface area contributed by atoms with Gasteiger partial charge in [-0.15, -0.1) is 0 Å². The molecule has 29 heavy (non-hydrogen) atoms. The second kappa shape index (κ2) is 7.48. The van der Waals surface area contributed by atoms with E-state index in [1.807, 2.05) is 30.3 Å². The smallest absolute Gasteiger partial charge is 0.226 e. The Morgan fingerprint density at radius 1 is 1.00 bits per heavy atom. The number of nitrogens with zero attached hydrogens (tertiary/aromatic N) is 5. The van der Waals surface area contributed by atoms with E-state index < -0.39 is 0 Å². The van der Waals surface area contributed by atoms with E-state index in [1.54, 1.807) is 29.3 Å². The van der Waals surface area contributed by atoms with Gasteiger partial charge in [0.1, 0.15) is 23.4 Å². The highest BCUT2D eigenvalue weighted by molar-refractivity contribution is 7.98. The van der Waals surface area contributed by atoms with Crippen LogP contribution in [0.4, 0.5) is 4.39 Å². The molecule has 3 heterocycles. The van der Waals surface area contributed by atoms with E-state index in [9.17, 15) is 4.39 Å². The summed E-state index contributed by atoms with van der Waals surface area (Å²) in [5, 5.41) is 6.03. The van der Waals surface area contributed by atoms with Crippen LogP contribution in [-0.2, 0) is 5.75 Å². The molecule has 0 radical (unpaired) electrons. The van der Waals surface area contributed by atoms with Gasteiger partial charge in [-0.25, -0.2) is 24.0 Å². The summed E-state index contributed by atoms with van der Waals surface area (Å²) in [6.07, 6.45) is 4.89. The fourth-order valence-electron chi connectivity index (χ4n) is 2.94. The highest BCUT2D eigenvalue weighted by atomic mass is 32.2. The summed E-state index contributed by atoms with van der Waals surface area (Å²) in [4.78, 5) is 13.3. The monoisotopic (exact) mass is 403 g/mol. The second-order valence-electron chi connectivity index (χ2n) is 6.25. The third-order valence-electron chi connectivity index (χ3n) is 4.33. The minimum absolute atomic E-state index is 0.293. The maximum Gasteiger partial charge on any atom is 0.226 e. The molecule has 8 heteroatoms. The first-order valence-corrected chi connectivity index (χ1v) is 9.84. The first kappa shape index (κ1) is 17.6. The lowest BCUT2D eigenvalue weighted by Gasteiger charge is -2.03. The molecule has 3 aromatic heterocycles. The second-order valence-corrected chi connectivity index (χ2v) is 7.21. The van der Waals surface area contributed by atoms with Gasteiger partial charge in [0, 0.05) is 11.3 Å². The van der Waals surface area contributed by atoms with Gasteiger partial charge in [-0.1, -0.05) is 30.0 Å². The Morgan fingerprint density at radius 2 is 1.83 bits per heavy atom. The van der Waals surface area contributed by atoms with Crippen molar-refractivity contribution in [1.82, 2.24) is 24.7 Å². The van der Waals surface area contributed by atoms with E-state index in [1.165, 1.54) is 30.2 Å². The van der Waals surface area contributed by atoms with Gasteiger partial charge in [-0.2, -0.15) is 5.10 Å². The van der Waals surface area contributed by atoms with Crippen molar-refractivity contribution in [3.8, 4) is 17.1 Å². The summed E-state index contributed by atoms with van der Waals surface area (Å²) >= 11 is 1.54. The van der Waals surface area contributed by atoms with Crippen LogP contribution in [-0.4, -0.2) is 24.7 Å².